The lowest BCUT2D eigenvalue weighted by Crippen LogP contribution is -2.53. The van der Waals surface area contributed by atoms with Gasteiger partial charge < -0.3 is 28.4 Å². The number of hydrogen-bond acceptors (Lipinski definition) is 6. The van der Waals surface area contributed by atoms with Crippen molar-refractivity contribution in [3.05, 3.63) is 108 Å². The Bertz CT molecular complexity index is 981. The molecule has 36 heavy (non-hydrogen) atoms. The van der Waals surface area contributed by atoms with Gasteiger partial charge in [0.1, 0.15) is 18.3 Å². The van der Waals surface area contributed by atoms with Gasteiger partial charge in [0.15, 0.2) is 5.85 Å². The third-order valence-electron chi connectivity index (χ3n) is 5.66. The quantitative estimate of drug-likeness (QED) is 0.273. The van der Waals surface area contributed by atoms with Gasteiger partial charge in [0.2, 0.25) is 8.38 Å². The summed E-state index contributed by atoms with van der Waals surface area (Å²) in [5.41, 5.74) is 3.13. The fraction of sp³-hybridized carbons (Fsp3) is 0.357. The van der Waals surface area contributed by atoms with Crippen LogP contribution in [0, 0.1) is 0 Å². The van der Waals surface area contributed by atoms with E-state index in [0.717, 1.165) is 16.7 Å². The molecule has 1 heterocycles. The Hall–Kier alpha value is -2.09. The smallest absolute Gasteiger partial charge is 0.204 e. The lowest BCUT2D eigenvalue weighted by atomic mass is 10.1. The summed E-state index contributed by atoms with van der Waals surface area (Å²) in [5, 5.41) is 11.2. The average molecular weight is 507 g/mol. The number of rotatable bonds is 12. The molecule has 0 amide bonds. The molecule has 0 aromatic heterocycles. The van der Waals surface area contributed by atoms with Crippen molar-refractivity contribution in [2.75, 3.05) is 13.2 Å². The van der Waals surface area contributed by atoms with E-state index in [9.17, 15) is 5.11 Å². The maximum absolute atomic E-state index is 11.2. The SMILES string of the molecule is CCO[P@]1O[C@H](COCc2ccccc2)[C@@H](OCc2ccccc2)[C@H](OCc2ccccc2)[C@H]1O.[B]. The zero-order valence-corrected chi connectivity index (χ0v) is 21.4. The Morgan fingerprint density at radius 2 is 1.19 bits per heavy atom. The molecule has 1 saturated heterocycles. The summed E-state index contributed by atoms with van der Waals surface area (Å²) in [7, 11) is -1.58. The van der Waals surface area contributed by atoms with Crippen LogP contribution in [-0.4, -0.2) is 50.9 Å². The maximum atomic E-state index is 11.2. The second-order valence-electron chi connectivity index (χ2n) is 8.28. The maximum Gasteiger partial charge on any atom is 0.204 e. The fourth-order valence-electron chi connectivity index (χ4n) is 3.90. The number of aliphatic hydroxyl groups excluding tert-OH is 1. The van der Waals surface area contributed by atoms with Crippen molar-refractivity contribution in [2.45, 2.75) is 50.9 Å². The molecule has 0 unspecified atom stereocenters. The fourth-order valence-corrected chi connectivity index (χ4v) is 5.44. The summed E-state index contributed by atoms with van der Waals surface area (Å²) in [6.45, 7) is 3.78. The van der Waals surface area contributed by atoms with Crippen LogP contribution in [0.4, 0.5) is 0 Å². The molecular weight excluding hydrogens is 474 g/mol. The summed E-state index contributed by atoms with van der Waals surface area (Å²) >= 11 is 0. The lowest BCUT2D eigenvalue weighted by molar-refractivity contribution is -0.176. The van der Waals surface area contributed by atoms with Crippen LogP contribution in [-0.2, 0) is 43.1 Å². The largest absolute Gasteiger partial charge is 0.381 e. The highest BCUT2D eigenvalue weighted by Crippen LogP contribution is 2.51. The Morgan fingerprint density at radius 3 is 1.69 bits per heavy atom. The molecule has 0 saturated carbocycles. The molecule has 8 heteroatoms. The molecule has 3 aromatic carbocycles. The topological polar surface area (TPSA) is 66.4 Å². The first-order valence-electron chi connectivity index (χ1n) is 11.9. The summed E-state index contributed by atoms with van der Waals surface area (Å²) in [6.07, 6.45) is -1.62. The third-order valence-corrected chi connectivity index (χ3v) is 7.38. The summed E-state index contributed by atoms with van der Waals surface area (Å²) in [4.78, 5) is 0. The van der Waals surface area contributed by atoms with Crippen LogP contribution in [0.5, 0.6) is 0 Å². The third kappa shape index (κ3) is 8.22. The molecule has 0 aliphatic carbocycles. The molecule has 1 N–H and O–H groups in total. The van der Waals surface area contributed by atoms with Crippen molar-refractivity contribution >= 4 is 16.8 Å². The van der Waals surface area contributed by atoms with Crippen molar-refractivity contribution in [1.29, 1.82) is 0 Å². The van der Waals surface area contributed by atoms with Crippen molar-refractivity contribution in [1.82, 2.24) is 0 Å². The molecule has 0 bridgehead atoms. The predicted octanol–water partition coefficient (Wildman–Crippen LogP) is 5.06. The molecule has 5 atom stereocenters. The van der Waals surface area contributed by atoms with E-state index in [1.807, 2.05) is 97.9 Å². The number of benzene rings is 3. The monoisotopic (exact) mass is 507 g/mol. The first-order chi connectivity index (χ1) is 17.2. The van der Waals surface area contributed by atoms with Crippen LogP contribution in [0.25, 0.3) is 0 Å². The molecule has 189 valence electrons. The lowest BCUT2D eigenvalue weighted by Gasteiger charge is -2.43. The van der Waals surface area contributed by atoms with Crippen molar-refractivity contribution < 1.29 is 28.4 Å². The van der Waals surface area contributed by atoms with Crippen LogP contribution < -0.4 is 0 Å². The second-order valence-corrected chi connectivity index (χ2v) is 9.85. The minimum atomic E-state index is -1.58. The summed E-state index contributed by atoms with van der Waals surface area (Å²) in [6, 6.07) is 29.8. The zero-order valence-electron chi connectivity index (χ0n) is 20.5. The van der Waals surface area contributed by atoms with Gasteiger partial charge in [-0.05, 0) is 23.6 Å². The number of aliphatic hydroxyl groups is 1. The van der Waals surface area contributed by atoms with Crippen LogP contribution in [0.15, 0.2) is 91.0 Å². The molecule has 1 aliphatic rings. The van der Waals surface area contributed by atoms with E-state index in [1.165, 1.54) is 0 Å². The van der Waals surface area contributed by atoms with Crippen LogP contribution in [0.1, 0.15) is 23.6 Å². The molecule has 4 rings (SSSR count). The van der Waals surface area contributed by atoms with Crippen molar-refractivity contribution in [3.8, 4) is 0 Å². The Balaban J connectivity index is 0.00000361. The second kappa shape index (κ2) is 15.2. The van der Waals surface area contributed by atoms with Crippen LogP contribution in [0.2, 0.25) is 0 Å². The number of hydrogen-bond donors (Lipinski definition) is 1. The predicted molar refractivity (Wildman–Crippen MR) is 141 cm³/mol. The van der Waals surface area contributed by atoms with Gasteiger partial charge in [-0.3, -0.25) is 0 Å². The van der Waals surface area contributed by atoms with Crippen LogP contribution in [0.3, 0.4) is 0 Å². The van der Waals surface area contributed by atoms with Gasteiger partial charge in [0.05, 0.1) is 33.0 Å². The normalized spacial score (nSPS) is 23.7. The standard InChI is InChI=1S/C28H33O6P.B/c1-2-33-35-28(29)27(32-20-24-16-10-5-11-17-24)26(31-19-23-14-8-4-9-15-23)25(34-35)21-30-18-22-12-6-3-7-13-22;/h3-17,25-29H,2,18-21H2,1H3;/t25-,26-,27+,28+,35-;/m1./s1. The molecule has 1 aliphatic heterocycles. The van der Waals surface area contributed by atoms with E-state index >= 15 is 0 Å². The molecule has 3 aromatic rings. The van der Waals surface area contributed by atoms with E-state index in [4.69, 9.17) is 23.3 Å². The van der Waals surface area contributed by atoms with Gasteiger partial charge >= 0.3 is 0 Å². The van der Waals surface area contributed by atoms with Gasteiger partial charge in [-0.25, -0.2) is 0 Å². The Morgan fingerprint density at radius 1 is 0.722 bits per heavy atom. The Kier molecular flexibility index (Phi) is 12.1. The van der Waals surface area contributed by atoms with Crippen LogP contribution >= 0.6 is 8.38 Å². The first kappa shape index (κ1) is 28.5. The van der Waals surface area contributed by atoms with E-state index in [2.05, 4.69) is 0 Å². The zero-order chi connectivity index (χ0) is 24.3. The van der Waals surface area contributed by atoms with E-state index in [-0.39, 0.29) is 15.0 Å². The van der Waals surface area contributed by atoms with Gasteiger partial charge in [0.25, 0.3) is 0 Å². The van der Waals surface area contributed by atoms with E-state index in [0.29, 0.717) is 26.4 Å². The van der Waals surface area contributed by atoms with Crippen molar-refractivity contribution in [3.63, 3.8) is 0 Å². The van der Waals surface area contributed by atoms with Crippen molar-refractivity contribution in [2.24, 2.45) is 0 Å². The molecule has 3 radical (unpaired) electrons. The summed E-state index contributed by atoms with van der Waals surface area (Å²) < 4.78 is 30.7. The minimum absolute atomic E-state index is 0. The highest BCUT2D eigenvalue weighted by Gasteiger charge is 2.48. The number of ether oxygens (including phenoxy) is 3. The summed E-state index contributed by atoms with van der Waals surface area (Å²) in [5.74, 6) is -0.945. The molecule has 6 nitrogen and oxygen atoms in total. The van der Waals surface area contributed by atoms with E-state index < -0.39 is 32.5 Å². The highest BCUT2D eigenvalue weighted by atomic mass is 31.2. The van der Waals surface area contributed by atoms with Gasteiger partial charge in [0, 0.05) is 8.41 Å². The van der Waals surface area contributed by atoms with Gasteiger partial charge in [-0.15, -0.1) is 0 Å². The molecule has 0 spiro atoms. The highest BCUT2D eigenvalue weighted by molar-refractivity contribution is 7.48. The first-order valence-corrected chi connectivity index (χ1v) is 13.2. The average Bonchev–Trinajstić information content (AvgIpc) is 2.90. The Labute approximate surface area is 217 Å². The van der Waals surface area contributed by atoms with Gasteiger partial charge in [-0.1, -0.05) is 91.0 Å². The van der Waals surface area contributed by atoms with E-state index in [1.54, 1.807) is 0 Å². The molecule has 1 fully saturated rings. The molecular formula is C28H33BO6P. The minimum Gasteiger partial charge on any atom is -0.381 e. The van der Waals surface area contributed by atoms with Gasteiger partial charge in [-0.2, -0.15) is 0 Å².